The molecule has 13 rings (SSSR count). The summed E-state index contributed by atoms with van der Waals surface area (Å²) in [7, 11) is 0. The Hall–Kier alpha value is -8.19. The predicted octanol–water partition coefficient (Wildman–Crippen LogP) is 15.1. The van der Waals surface area contributed by atoms with Crippen molar-refractivity contribution in [3.05, 3.63) is 212 Å². The Labute approximate surface area is 366 Å². The summed E-state index contributed by atoms with van der Waals surface area (Å²) in [5.41, 5.74) is 11.9. The average molecular weight is 822 g/mol. The number of hydrogen-bond acceptors (Lipinski definition) is 4. The van der Waals surface area contributed by atoms with Crippen LogP contribution in [0.25, 0.3) is 120 Å². The van der Waals surface area contributed by atoms with E-state index in [-0.39, 0.29) is 0 Å². The number of thiophene rings is 1. The van der Waals surface area contributed by atoms with Gasteiger partial charge < -0.3 is 0 Å². The Morgan fingerprint density at radius 1 is 0.270 bits per heavy atom. The molecule has 0 aliphatic rings. The minimum atomic E-state index is 0.552. The normalized spacial score (nSPS) is 11.8. The molecule has 0 atom stereocenters. The molecule has 13 aromatic rings. The van der Waals surface area contributed by atoms with Crippen LogP contribution in [-0.2, 0) is 0 Å². The van der Waals surface area contributed by atoms with Crippen LogP contribution < -0.4 is 0 Å². The molecule has 0 unspecified atom stereocenters. The second-order valence-corrected chi connectivity index (χ2v) is 17.1. The van der Waals surface area contributed by atoms with Crippen LogP contribution in [0.15, 0.2) is 212 Å². The summed E-state index contributed by atoms with van der Waals surface area (Å²) in [5, 5.41) is 7.15. The van der Waals surface area contributed by atoms with E-state index in [1.54, 1.807) is 0 Å². The fraction of sp³-hybridized carbons (Fsp3) is 0. The van der Waals surface area contributed by atoms with Crippen molar-refractivity contribution in [2.75, 3.05) is 0 Å². The van der Waals surface area contributed by atoms with Gasteiger partial charge in [-0.25, -0.2) is 0 Å². The van der Waals surface area contributed by atoms with Crippen LogP contribution in [0.4, 0.5) is 0 Å². The van der Waals surface area contributed by atoms with E-state index in [2.05, 4.69) is 221 Å². The minimum absolute atomic E-state index is 0.552. The van der Waals surface area contributed by atoms with Gasteiger partial charge in [-0.1, -0.05) is 176 Å². The molecule has 6 heteroatoms. The lowest BCUT2D eigenvalue weighted by Crippen LogP contribution is -2.10. The van der Waals surface area contributed by atoms with Crippen molar-refractivity contribution in [3.8, 4) is 56.7 Å². The molecule has 0 aliphatic heterocycles. The zero-order valence-corrected chi connectivity index (χ0v) is 34.7. The number of hydrogen-bond donors (Lipinski definition) is 0. The monoisotopic (exact) mass is 821 g/mol. The van der Waals surface area contributed by atoms with E-state index in [0.717, 1.165) is 77.0 Å². The van der Waals surface area contributed by atoms with E-state index in [1.165, 1.54) is 25.7 Å². The number of nitrogens with zero attached hydrogens (tertiary/aromatic N) is 5. The molecule has 294 valence electrons. The zero-order valence-electron chi connectivity index (χ0n) is 33.9. The van der Waals surface area contributed by atoms with Crippen LogP contribution in [0.3, 0.4) is 0 Å². The molecule has 5 nitrogen and oxygen atoms in total. The summed E-state index contributed by atoms with van der Waals surface area (Å²) in [6, 6.07) is 75.7. The van der Waals surface area contributed by atoms with Gasteiger partial charge in [0.2, 0.25) is 11.9 Å². The topological polar surface area (TPSA) is 48.5 Å². The third kappa shape index (κ3) is 5.80. The molecule has 0 radical (unpaired) electrons. The summed E-state index contributed by atoms with van der Waals surface area (Å²) in [6.07, 6.45) is 0. The van der Waals surface area contributed by atoms with Crippen LogP contribution in [0, 0.1) is 0 Å². The van der Waals surface area contributed by atoms with Crippen molar-refractivity contribution in [3.63, 3.8) is 0 Å². The lowest BCUT2D eigenvalue weighted by molar-refractivity contribution is 0.893. The Kier molecular flexibility index (Phi) is 8.01. The van der Waals surface area contributed by atoms with Gasteiger partial charge in [0.15, 0.2) is 5.82 Å². The van der Waals surface area contributed by atoms with E-state index in [0.29, 0.717) is 17.7 Å². The zero-order chi connectivity index (χ0) is 41.4. The van der Waals surface area contributed by atoms with Gasteiger partial charge in [-0.2, -0.15) is 15.0 Å². The maximum Gasteiger partial charge on any atom is 0.240 e. The Morgan fingerprint density at radius 3 is 1.24 bits per heavy atom. The first-order valence-electron chi connectivity index (χ1n) is 21.2. The van der Waals surface area contributed by atoms with Crippen molar-refractivity contribution >= 4 is 75.1 Å². The summed E-state index contributed by atoms with van der Waals surface area (Å²) in [5.74, 6) is 1.70. The number of para-hydroxylation sites is 2. The van der Waals surface area contributed by atoms with Crippen molar-refractivity contribution in [1.29, 1.82) is 0 Å². The maximum absolute atomic E-state index is 5.47. The summed E-state index contributed by atoms with van der Waals surface area (Å²) in [4.78, 5) is 16.2. The number of rotatable bonds is 6. The highest BCUT2D eigenvalue weighted by Gasteiger charge is 2.21. The largest absolute Gasteiger partial charge is 0.278 e. The predicted molar refractivity (Wildman–Crippen MR) is 263 cm³/mol. The molecule has 4 heterocycles. The second-order valence-electron chi connectivity index (χ2n) is 16.0. The Bertz CT molecular complexity index is 3720. The van der Waals surface area contributed by atoms with Gasteiger partial charge in [0.1, 0.15) is 0 Å². The highest BCUT2D eigenvalue weighted by atomic mass is 32.1. The SMILES string of the molecule is c1ccc(-c2ccc3c4ccccc4n(-c4nc(-c5ccc(-c6ccc7c(c6)sc6ccccc67)cc5)nc(-n5c6ccccc6c6ccc(-c7ccccc7)cc65)n4)c3c2)cc1. The molecular weight excluding hydrogens is 787 g/mol. The van der Waals surface area contributed by atoms with Gasteiger partial charge in [-0.15, -0.1) is 11.3 Å². The Balaban J connectivity index is 1.04. The van der Waals surface area contributed by atoms with Crippen molar-refractivity contribution in [1.82, 2.24) is 24.1 Å². The van der Waals surface area contributed by atoms with Gasteiger partial charge >= 0.3 is 0 Å². The standard InChI is InChI=1S/C57H35N5S/c1-3-13-36(14-4-1)40-27-30-45-43-17-7-10-20-49(43)61(51(45)33-40)56-58-55(39-25-23-38(24-26-39)42-29-32-48-47-19-9-12-22-53(47)63-54(48)35-42)59-57(60-56)62-50-21-11-8-18-44(50)46-31-28-41(34-52(46)62)37-15-5-2-6-16-37/h1-35H. The molecule has 63 heavy (non-hydrogen) atoms. The number of aromatic nitrogens is 5. The van der Waals surface area contributed by atoms with Crippen LogP contribution in [0.2, 0.25) is 0 Å². The molecule has 9 aromatic carbocycles. The van der Waals surface area contributed by atoms with E-state index in [1.807, 2.05) is 11.3 Å². The van der Waals surface area contributed by atoms with Crippen molar-refractivity contribution < 1.29 is 0 Å². The van der Waals surface area contributed by atoms with Crippen molar-refractivity contribution in [2.45, 2.75) is 0 Å². The molecule has 0 spiro atoms. The summed E-state index contributed by atoms with van der Waals surface area (Å²) >= 11 is 1.84. The van der Waals surface area contributed by atoms with E-state index < -0.39 is 0 Å². The molecular formula is C57H35N5S. The first-order chi connectivity index (χ1) is 31.2. The molecule has 0 bridgehead atoms. The maximum atomic E-state index is 5.47. The van der Waals surface area contributed by atoms with Crippen LogP contribution in [0.5, 0.6) is 0 Å². The third-order valence-electron chi connectivity index (χ3n) is 12.4. The summed E-state index contributed by atoms with van der Waals surface area (Å²) < 4.78 is 7.01. The highest BCUT2D eigenvalue weighted by molar-refractivity contribution is 7.25. The number of fused-ring (bicyclic) bond motifs is 9. The molecule has 0 fully saturated rings. The molecule has 0 saturated heterocycles. The summed E-state index contributed by atoms with van der Waals surface area (Å²) in [6.45, 7) is 0. The minimum Gasteiger partial charge on any atom is -0.278 e. The number of benzene rings is 9. The fourth-order valence-electron chi connectivity index (χ4n) is 9.39. The van der Waals surface area contributed by atoms with Gasteiger partial charge in [0, 0.05) is 47.3 Å². The molecule has 0 amide bonds. The molecule has 0 aliphatic carbocycles. The highest BCUT2D eigenvalue weighted by Crippen LogP contribution is 2.39. The lowest BCUT2D eigenvalue weighted by Gasteiger charge is -2.13. The van der Waals surface area contributed by atoms with Crippen LogP contribution in [0.1, 0.15) is 0 Å². The lowest BCUT2D eigenvalue weighted by atomic mass is 10.0. The van der Waals surface area contributed by atoms with Crippen LogP contribution in [-0.4, -0.2) is 24.1 Å². The first kappa shape index (κ1) is 35.6. The Morgan fingerprint density at radius 2 is 0.667 bits per heavy atom. The van der Waals surface area contributed by atoms with Crippen LogP contribution >= 0.6 is 11.3 Å². The van der Waals surface area contributed by atoms with Gasteiger partial charge in [0.05, 0.1) is 22.1 Å². The quantitative estimate of drug-likeness (QED) is 0.168. The molecule has 4 aromatic heterocycles. The van der Waals surface area contributed by atoms with E-state index in [9.17, 15) is 0 Å². The van der Waals surface area contributed by atoms with Crippen molar-refractivity contribution in [2.24, 2.45) is 0 Å². The van der Waals surface area contributed by atoms with Gasteiger partial charge in [-0.05, 0) is 69.8 Å². The first-order valence-corrected chi connectivity index (χ1v) is 22.0. The molecule has 0 N–H and O–H groups in total. The van der Waals surface area contributed by atoms with Gasteiger partial charge in [0.25, 0.3) is 0 Å². The van der Waals surface area contributed by atoms with Gasteiger partial charge in [-0.3, -0.25) is 9.13 Å². The second kappa shape index (κ2) is 14.2. The van der Waals surface area contributed by atoms with E-state index in [4.69, 9.17) is 15.0 Å². The third-order valence-corrected chi connectivity index (χ3v) is 13.6. The smallest absolute Gasteiger partial charge is 0.240 e. The van der Waals surface area contributed by atoms with E-state index >= 15 is 0 Å². The fourth-order valence-corrected chi connectivity index (χ4v) is 10.5. The molecule has 0 saturated carbocycles. The average Bonchev–Trinajstić information content (AvgIpc) is 4.01.